The molecule has 3 rings (SSSR count). The zero-order chi connectivity index (χ0) is 21.5. The largest absolute Gasteiger partial charge is 0.489 e. The molecule has 0 aliphatic rings. The number of hydrogen-bond acceptors (Lipinski definition) is 4. The van der Waals surface area contributed by atoms with Crippen molar-refractivity contribution in [3.8, 4) is 5.75 Å². The first-order chi connectivity index (χ1) is 14.4. The summed E-state index contributed by atoms with van der Waals surface area (Å²) in [5.41, 5.74) is 7.22. The van der Waals surface area contributed by atoms with E-state index < -0.39 is 12.0 Å². The third-order valence-corrected chi connectivity index (χ3v) is 5.16. The summed E-state index contributed by atoms with van der Waals surface area (Å²) in [6, 6.07) is 12.3. The fourth-order valence-corrected chi connectivity index (χ4v) is 3.33. The summed E-state index contributed by atoms with van der Waals surface area (Å²) in [4.78, 5) is 15.0. The molecule has 0 saturated carbocycles. The highest BCUT2D eigenvalue weighted by Crippen LogP contribution is 2.24. The van der Waals surface area contributed by atoms with Gasteiger partial charge in [0.25, 0.3) is 5.91 Å². The van der Waals surface area contributed by atoms with Crippen molar-refractivity contribution in [2.24, 2.45) is 5.73 Å². The Balaban J connectivity index is 1.52. The van der Waals surface area contributed by atoms with Crippen LogP contribution < -0.4 is 10.5 Å². The van der Waals surface area contributed by atoms with Crippen molar-refractivity contribution in [3.63, 3.8) is 0 Å². The second kappa shape index (κ2) is 10.4. The molecule has 158 valence electrons. The molecule has 0 saturated heterocycles. The molecular weight excluding hydrogens is 453 g/mol. The molecule has 1 heterocycles. The van der Waals surface area contributed by atoms with Gasteiger partial charge in [-0.25, -0.2) is 9.37 Å². The number of carbonyl (C=O) groups is 1. The second-order valence-corrected chi connectivity index (χ2v) is 7.95. The van der Waals surface area contributed by atoms with Gasteiger partial charge in [-0.1, -0.05) is 34.1 Å². The Morgan fingerprint density at radius 2 is 2.03 bits per heavy atom. The van der Waals surface area contributed by atoms with Gasteiger partial charge in [0.1, 0.15) is 23.9 Å². The first-order valence-electron chi connectivity index (χ1n) is 9.56. The Morgan fingerprint density at radius 3 is 2.73 bits per heavy atom. The fourth-order valence-electron chi connectivity index (χ4n) is 3.06. The summed E-state index contributed by atoms with van der Waals surface area (Å²) in [5.74, 6) is -0.446. The Bertz CT molecular complexity index is 992. The van der Waals surface area contributed by atoms with Crippen LogP contribution in [0.2, 0.25) is 0 Å². The number of aryl methyl sites for hydroxylation is 1. The SMILES string of the molecule is NC(=O)c1cn(CC(O)CCCc2ccc(F)cc2OCc2ccc(Br)cc2)cn1. The van der Waals surface area contributed by atoms with E-state index in [2.05, 4.69) is 20.9 Å². The van der Waals surface area contributed by atoms with Gasteiger partial charge in [0.15, 0.2) is 0 Å². The molecule has 0 spiro atoms. The molecule has 2 aromatic carbocycles. The van der Waals surface area contributed by atoms with Crippen molar-refractivity contribution in [2.45, 2.75) is 38.5 Å². The quantitative estimate of drug-likeness (QED) is 0.465. The number of primary amides is 1. The molecule has 8 heteroatoms. The molecule has 30 heavy (non-hydrogen) atoms. The monoisotopic (exact) mass is 475 g/mol. The fraction of sp³-hybridized carbons (Fsp3) is 0.273. The van der Waals surface area contributed by atoms with Gasteiger partial charge in [0, 0.05) is 23.3 Å². The van der Waals surface area contributed by atoms with Crippen LogP contribution in [0, 0.1) is 5.82 Å². The number of aliphatic hydroxyl groups is 1. The molecule has 0 fully saturated rings. The maximum absolute atomic E-state index is 13.7. The van der Waals surface area contributed by atoms with Crippen LogP contribution in [0.3, 0.4) is 0 Å². The lowest BCUT2D eigenvalue weighted by Crippen LogP contribution is -2.15. The van der Waals surface area contributed by atoms with Crippen molar-refractivity contribution in [3.05, 3.63) is 82.1 Å². The van der Waals surface area contributed by atoms with Gasteiger partial charge in [-0.3, -0.25) is 4.79 Å². The summed E-state index contributed by atoms with van der Waals surface area (Å²) in [7, 11) is 0. The molecule has 0 radical (unpaired) electrons. The first-order valence-corrected chi connectivity index (χ1v) is 10.4. The van der Waals surface area contributed by atoms with E-state index in [4.69, 9.17) is 10.5 Å². The molecule has 3 aromatic rings. The lowest BCUT2D eigenvalue weighted by molar-refractivity contribution is 0.0995. The van der Waals surface area contributed by atoms with E-state index in [1.54, 1.807) is 10.6 Å². The van der Waals surface area contributed by atoms with Crippen LogP contribution in [0.5, 0.6) is 5.75 Å². The zero-order valence-corrected chi connectivity index (χ0v) is 17.9. The summed E-state index contributed by atoms with van der Waals surface area (Å²) in [5, 5.41) is 10.3. The molecule has 1 amide bonds. The third kappa shape index (κ3) is 6.40. The van der Waals surface area contributed by atoms with E-state index in [-0.39, 0.29) is 11.5 Å². The average Bonchev–Trinajstić information content (AvgIpc) is 3.18. The standard InChI is InChI=1S/C22H23BrFN3O3/c23-17-7-4-15(5-8-17)13-30-21-10-18(24)9-6-16(21)2-1-3-19(28)11-27-12-20(22(25)29)26-14-27/h4-10,12,14,19,28H,1-3,11,13H2,(H2,25,29). The van der Waals surface area contributed by atoms with Crippen LogP contribution in [-0.2, 0) is 19.6 Å². The number of aliphatic hydroxyl groups excluding tert-OH is 1. The van der Waals surface area contributed by atoms with Crippen molar-refractivity contribution in [1.29, 1.82) is 0 Å². The van der Waals surface area contributed by atoms with Crippen molar-refractivity contribution < 1.29 is 19.0 Å². The maximum Gasteiger partial charge on any atom is 0.268 e. The highest BCUT2D eigenvalue weighted by molar-refractivity contribution is 9.10. The zero-order valence-electron chi connectivity index (χ0n) is 16.3. The number of nitrogens with zero attached hydrogens (tertiary/aromatic N) is 2. The molecule has 1 unspecified atom stereocenters. The molecular formula is C22H23BrFN3O3. The van der Waals surface area contributed by atoms with Crippen LogP contribution in [0.15, 0.2) is 59.5 Å². The van der Waals surface area contributed by atoms with Crippen molar-refractivity contribution >= 4 is 21.8 Å². The summed E-state index contributed by atoms with van der Waals surface area (Å²) >= 11 is 3.39. The minimum atomic E-state index is -0.604. The number of aromatic nitrogens is 2. The molecule has 6 nitrogen and oxygen atoms in total. The Morgan fingerprint density at radius 1 is 1.27 bits per heavy atom. The maximum atomic E-state index is 13.7. The molecule has 0 aliphatic carbocycles. The lowest BCUT2D eigenvalue weighted by Gasteiger charge is -2.14. The summed E-state index contributed by atoms with van der Waals surface area (Å²) in [6.07, 6.45) is 4.25. The molecule has 0 bridgehead atoms. The van der Waals surface area contributed by atoms with E-state index in [0.29, 0.717) is 38.2 Å². The van der Waals surface area contributed by atoms with Gasteiger partial charge < -0.3 is 20.1 Å². The summed E-state index contributed by atoms with van der Waals surface area (Å²) < 4.78 is 22.2. The molecule has 0 aliphatic heterocycles. The van der Waals surface area contributed by atoms with E-state index in [1.165, 1.54) is 24.7 Å². The van der Waals surface area contributed by atoms with Gasteiger partial charge in [0.05, 0.1) is 12.4 Å². The van der Waals surface area contributed by atoms with Crippen LogP contribution >= 0.6 is 15.9 Å². The topological polar surface area (TPSA) is 90.4 Å². The predicted molar refractivity (Wildman–Crippen MR) is 115 cm³/mol. The number of rotatable bonds is 10. The van der Waals surface area contributed by atoms with E-state index >= 15 is 0 Å². The van der Waals surface area contributed by atoms with Gasteiger partial charge in [-0.15, -0.1) is 0 Å². The number of halogens is 2. The number of benzene rings is 2. The number of imidazole rings is 1. The number of carbonyl (C=O) groups excluding carboxylic acids is 1. The lowest BCUT2D eigenvalue weighted by atomic mass is 10.0. The number of hydrogen-bond donors (Lipinski definition) is 2. The highest BCUT2D eigenvalue weighted by Gasteiger charge is 2.11. The van der Waals surface area contributed by atoms with Crippen LogP contribution in [-0.4, -0.2) is 26.7 Å². The Hall–Kier alpha value is -2.71. The van der Waals surface area contributed by atoms with Crippen molar-refractivity contribution in [2.75, 3.05) is 0 Å². The minimum absolute atomic E-state index is 0.168. The third-order valence-electron chi connectivity index (χ3n) is 4.63. The van der Waals surface area contributed by atoms with E-state index in [9.17, 15) is 14.3 Å². The van der Waals surface area contributed by atoms with Crippen LogP contribution in [0.4, 0.5) is 4.39 Å². The van der Waals surface area contributed by atoms with Crippen LogP contribution in [0.1, 0.15) is 34.5 Å². The number of nitrogens with two attached hydrogens (primary N) is 1. The Kier molecular flexibility index (Phi) is 7.59. The number of ether oxygens (including phenoxy) is 1. The molecule has 1 atom stereocenters. The van der Waals surface area contributed by atoms with Crippen LogP contribution in [0.25, 0.3) is 0 Å². The highest BCUT2D eigenvalue weighted by atomic mass is 79.9. The van der Waals surface area contributed by atoms with Gasteiger partial charge in [-0.05, 0) is 48.6 Å². The van der Waals surface area contributed by atoms with E-state index in [1.807, 2.05) is 24.3 Å². The molecule has 3 N–H and O–H groups in total. The molecule has 1 aromatic heterocycles. The second-order valence-electron chi connectivity index (χ2n) is 7.03. The van der Waals surface area contributed by atoms with Gasteiger partial charge in [-0.2, -0.15) is 0 Å². The Labute approximate surface area is 182 Å². The summed E-state index contributed by atoms with van der Waals surface area (Å²) in [6.45, 7) is 0.659. The number of amides is 1. The van der Waals surface area contributed by atoms with Crippen molar-refractivity contribution in [1.82, 2.24) is 9.55 Å². The minimum Gasteiger partial charge on any atom is -0.489 e. The van der Waals surface area contributed by atoms with Gasteiger partial charge in [0.2, 0.25) is 0 Å². The van der Waals surface area contributed by atoms with Gasteiger partial charge >= 0.3 is 0 Å². The normalized spacial score (nSPS) is 12.0. The average molecular weight is 476 g/mol. The smallest absolute Gasteiger partial charge is 0.268 e. The predicted octanol–water partition coefficient (Wildman–Crippen LogP) is 3.85. The van der Waals surface area contributed by atoms with E-state index in [0.717, 1.165) is 15.6 Å². The first kappa shape index (κ1) is 22.0.